The lowest BCUT2D eigenvalue weighted by Gasteiger charge is -2.35. The summed E-state index contributed by atoms with van der Waals surface area (Å²) in [4.78, 5) is 15.9. The van der Waals surface area contributed by atoms with Crippen molar-refractivity contribution in [3.63, 3.8) is 0 Å². The van der Waals surface area contributed by atoms with Crippen molar-refractivity contribution in [3.05, 3.63) is 59.5 Å². The van der Waals surface area contributed by atoms with Crippen LogP contribution in [0.3, 0.4) is 0 Å². The molecule has 16 heteroatoms. The smallest absolute Gasteiger partial charge is 0.261 e. The van der Waals surface area contributed by atoms with Crippen molar-refractivity contribution in [2.75, 3.05) is 45.2 Å². The van der Waals surface area contributed by atoms with Crippen LogP contribution in [0, 0.1) is 19.8 Å². The van der Waals surface area contributed by atoms with E-state index in [2.05, 4.69) is 9.88 Å². The van der Waals surface area contributed by atoms with Crippen LogP contribution < -0.4 is 14.2 Å². The molecular formula is C34H48N4O10S2. The van der Waals surface area contributed by atoms with Crippen molar-refractivity contribution in [1.29, 1.82) is 0 Å². The predicted octanol–water partition coefficient (Wildman–Crippen LogP) is 4.22. The van der Waals surface area contributed by atoms with E-state index in [9.17, 15) is 26.7 Å². The number of aliphatic hydroxyl groups is 1. The van der Waals surface area contributed by atoms with Crippen LogP contribution in [0.5, 0.6) is 11.5 Å². The van der Waals surface area contributed by atoms with E-state index in [1.54, 1.807) is 26.8 Å². The monoisotopic (exact) mass is 736 g/mol. The van der Waals surface area contributed by atoms with E-state index in [0.717, 1.165) is 6.42 Å². The molecule has 4 rings (SSSR count). The summed E-state index contributed by atoms with van der Waals surface area (Å²) >= 11 is 0. The van der Waals surface area contributed by atoms with Gasteiger partial charge in [0.25, 0.3) is 15.9 Å². The number of carbonyl (C=O) groups is 1. The third kappa shape index (κ3) is 9.15. The van der Waals surface area contributed by atoms with Gasteiger partial charge in [0, 0.05) is 38.3 Å². The predicted molar refractivity (Wildman–Crippen MR) is 186 cm³/mol. The molecule has 0 fully saturated rings. The van der Waals surface area contributed by atoms with Gasteiger partial charge in [0.15, 0.2) is 5.76 Å². The fourth-order valence-electron chi connectivity index (χ4n) is 5.77. The number of benzene rings is 2. The Morgan fingerprint density at radius 2 is 1.80 bits per heavy atom. The van der Waals surface area contributed by atoms with Crippen LogP contribution in [-0.4, -0.2) is 101 Å². The highest BCUT2D eigenvalue weighted by atomic mass is 32.2. The fraction of sp³-hybridized carbons (Fsp3) is 0.529. The molecule has 276 valence electrons. The molecule has 0 saturated carbocycles. The molecular weight excluding hydrogens is 689 g/mol. The number of amides is 1. The van der Waals surface area contributed by atoms with Crippen molar-refractivity contribution < 1.29 is 45.5 Å². The Hall–Kier alpha value is -3.70. The molecule has 1 aliphatic heterocycles. The zero-order valence-corrected chi connectivity index (χ0v) is 31.2. The first-order chi connectivity index (χ1) is 23.6. The second-order valence-corrected chi connectivity index (χ2v) is 16.4. The molecule has 0 saturated heterocycles. The number of ether oxygens (including phenoxy) is 3. The summed E-state index contributed by atoms with van der Waals surface area (Å²) in [5, 5.41) is 14.0. The van der Waals surface area contributed by atoms with E-state index in [-0.39, 0.29) is 64.0 Å². The maximum Gasteiger partial charge on any atom is 0.261 e. The minimum Gasteiger partial charge on any atom is -0.497 e. The van der Waals surface area contributed by atoms with Gasteiger partial charge in [-0.1, -0.05) is 12.1 Å². The van der Waals surface area contributed by atoms with Gasteiger partial charge in [-0.15, -0.1) is 0 Å². The number of aryl methyl sites for hydroxylation is 2. The minimum absolute atomic E-state index is 0.00302. The number of aliphatic hydroxyl groups excluding tert-OH is 1. The number of aromatic nitrogens is 1. The number of methoxy groups -OCH3 is 1. The summed E-state index contributed by atoms with van der Waals surface area (Å²) in [5.41, 5.74) is 0.498. The average molecular weight is 737 g/mol. The lowest BCUT2D eigenvalue weighted by Crippen LogP contribution is -2.48. The molecule has 0 unspecified atom stereocenters. The van der Waals surface area contributed by atoms with Crippen LogP contribution in [0.1, 0.15) is 61.8 Å². The molecule has 14 nitrogen and oxygen atoms in total. The number of fused-ring (bicyclic) bond motifs is 1. The Kier molecular flexibility index (Phi) is 12.9. The number of hydrogen-bond donors (Lipinski definition) is 2. The van der Waals surface area contributed by atoms with Crippen molar-refractivity contribution in [1.82, 2.24) is 14.4 Å². The van der Waals surface area contributed by atoms with Crippen molar-refractivity contribution in [2.45, 2.75) is 81.9 Å². The maximum atomic E-state index is 14.4. The largest absolute Gasteiger partial charge is 0.497 e. The van der Waals surface area contributed by atoms with Gasteiger partial charge in [-0.2, -0.15) is 4.31 Å². The summed E-state index contributed by atoms with van der Waals surface area (Å²) in [5.74, 6) is 0.0500. The normalized spacial score (nSPS) is 20.5. The van der Waals surface area contributed by atoms with Gasteiger partial charge in [-0.05, 0) is 89.4 Å². The van der Waals surface area contributed by atoms with E-state index >= 15 is 0 Å². The van der Waals surface area contributed by atoms with Crippen LogP contribution >= 0.6 is 0 Å². The van der Waals surface area contributed by atoms with E-state index in [0.29, 0.717) is 25.2 Å². The highest BCUT2D eigenvalue weighted by Gasteiger charge is 2.34. The molecule has 1 aliphatic rings. The highest BCUT2D eigenvalue weighted by molar-refractivity contribution is 7.92. The molecule has 2 heterocycles. The number of anilines is 1. The van der Waals surface area contributed by atoms with Gasteiger partial charge in [0.1, 0.15) is 22.1 Å². The molecule has 0 radical (unpaired) electrons. The fourth-order valence-corrected chi connectivity index (χ4v) is 8.28. The maximum absolute atomic E-state index is 14.4. The Labute approximate surface area is 294 Å². The average Bonchev–Trinajstić information content (AvgIpc) is 3.43. The number of hydrogen-bond acceptors (Lipinski definition) is 11. The Morgan fingerprint density at radius 3 is 2.42 bits per heavy atom. The van der Waals surface area contributed by atoms with E-state index < -0.39 is 44.0 Å². The summed E-state index contributed by atoms with van der Waals surface area (Å²) in [6.07, 6.45) is 1.14. The standard InChI is InChI=1S/C34H48N4O10S2/c1-22-19-38(23(2)21-39)34(40)30-18-27(36-49(41,42)29-14-12-28(45-7)13-15-29)11-16-31(30)47-24(3)10-8-9-17-46-32(22)20-37(6)50(43,44)33-25(4)35-48-26(33)5/h11-16,18,22-24,32,36,39H,8-10,17,19-21H2,1-7H3/t22-,23+,24-,32+/m1/s1. The van der Waals surface area contributed by atoms with Gasteiger partial charge in [0.2, 0.25) is 10.0 Å². The van der Waals surface area contributed by atoms with E-state index in [1.807, 2.05) is 13.8 Å². The molecule has 3 aromatic rings. The number of carbonyl (C=O) groups excluding carboxylic acids is 1. The Bertz CT molecular complexity index is 1810. The topological polar surface area (TPSA) is 178 Å². The second kappa shape index (κ2) is 16.5. The molecule has 50 heavy (non-hydrogen) atoms. The number of rotatable bonds is 10. The van der Waals surface area contributed by atoms with E-state index in [4.69, 9.17) is 18.7 Å². The van der Waals surface area contributed by atoms with Crippen LogP contribution in [0.15, 0.2) is 56.8 Å². The summed E-state index contributed by atoms with van der Waals surface area (Å²) in [6, 6.07) is 9.76. The molecule has 4 atom stereocenters. The number of sulfonamides is 2. The molecule has 0 bridgehead atoms. The molecule has 1 amide bonds. The third-order valence-electron chi connectivity index (χ3n) is 8.75. The third-order valence-corrected chi connectivity index (χ3v) is 12.2. The van der Waals surface area contributed by atoms with Gasteiger partial charge >= 0.3 is 0 Å². The van der Waals surface area contributed by atoms with Crippen molar-refractivity contribution in [3.8, 4) is 11.5 Å². The first-order valence-electron chi connectivity index (χ1n) is 16.5. The molecule has 2 aromatic carbocycles. The van der Waals surface area contributed by atoms with Crippen molar-refractivity contribution >= 4 is 31.6 Å². The minimum atomic E-state index is -4.03. The number of nitrogens with one attached hydrogen (secondary N) is 1. The molecule has 0 aliphatic carbocycles. The van der Waals surface area contributed by atoms with Crippen molar-refractivity contribution in [2.24, 2.45) is 5.92 Å². The first kappa shape index (κ1) is 39.1. The van der Waals surface area contributed by atoms with Crippen LogP contribution in [0.2, 0.25) is 0 Å². The Balaban J connectivity index is 1.68. The highest BCUT2D eigenvalue weighted by Crippen LogP contribution is 2.30. The van der Waals surface area contributed by atoms with Gasteiger partial charge in [0.05, 0.1) is 42.4 Å². The second-order valence-electron chi connectivity index (χ2n) is 12.7. The Morgan fingerprint density at radius 1 is 1.10 bits per heavy atom. The summed E-state index contributed by atoms with van der Waals surface area (Å²) in [6.45, 7) is 8.61. The van der Waals surface area contributed by atoms with Gasteiger partial charge in [-0.3, -0.25) is 9.52 Å². The van der Waals surface area contributed by atoms with Gasteiger partial charge < -0.3 is 28.7 Å². The molecule has 0 spiro atoms. The zero-order valence-electron chi connectivity index (χ0n) is 29.6. The quantitative estimate of drug-likeness (QED) is 0.305. The lowest BCUT2D eigenvalue weighted by atomic mass is 10.0. The zero-order chi connectivity index (χ0) is 36.8. The SMILES string of the molecule is COc1ccc(S(=O)(=O)Nc2ccc3c(c2)C(=O)N([C@@H](C)CO)C[C@@H](C)[C@H](CN(C)S(=O)(=O)c2c(C)noc2C)OCCCC[C@@H](C)O3)cc1. The molecule has 1 aromatic heterocycles. The number of likely N-dealkylation sites (N-methyl/N-ethyl adjacent to an activating group) is 1. The number of nitrogens with zero attached hydrogens (tertiary/aromatic N) is 3. The first-order valence-corrected chi connectivity index (χ1v) is 19.4. The molecule has 2 N–H and O–H groups in total. The summed E-state index contributed by atoms with van der Waals surface area (Å²) < 4.78 is 80.2. The van der Waals surface area contributed by atoms with Gasteiger partial charge in [-0.25, -0.2) is 16.8 Å². The lowest BCUT2D eigenvalue weighted by molar-refractivity contribution is -0.00835. The van der Waals surface area contributed by atoms with Crippen LogP contribution in [0.4, 0.5) is 5.69 Å². The van der Waals surface area contributed by atoms with Crippen LogP contribution in [0.25, 0.3) is 0 Å². The van der Waals surface area contributed by atoms with E-state index in [1.165, 1.54) is 59.8 Å². The van der Waals surface area contributed by atoms with Crippen LogP contribution in [-0.2, 0) is 24.8 Å². The summed E-state index contributed by atoms with van der Waals surface area (Å²) in [7, 11) is -5.06.